The summed E-state index contributed by atoms with van der Waals surface area (Å²) in [5, 5.41) is 10.0. The number of Topliss-reactive ketones (excluding diaryl/α,β-unsaturated/α-hetero) is 1. The zero-order valence-electron chi connectivity index (χ0n) is 17.6. The second kappa shape index (κ2) is 8.22. The van der Waals surface area contributed by atoms with E-state index in [0.29, 0.717) is 34.5 Å². The van der Waals surface area contributed by atoms with Gasteiger partial charge in [0.1, 0.15) is 11.5 Å². The number of pyridine rings is 1. The molecule has 0 aliphatic heterocycles. The van der Waals surface area contributed by atoms with E-state index in [1.165, 1.54) is 7.11 Å². The Labute approximate surface area is 180 Å². The number of aromatic nitrogens is 1. The molecule has 1 aliphatic rings. The van der Waals surface area contributed by atoms with Crippen molar-refractivity contribution in [2.45, 2.75) is 25.7 Å². The molecular weight excluding hydrogens is 394 g/mol. The first kappa shape index (κ1) is 20.6. The van der Waals surface area contributed by atoms with Gasteiger partial charge in [-0.25, -0.2) is 4.79 Å². The molecule has 0 saturated heterocycles. The minimum Gasteiger partial charge on any atom is -0.508 e. The number of hydrogen-bond donors (Lipinski definition) is 1. The average molecular weight is 417 g/mol. The maximum Gasteiger partial charge on any atom is 0.340 e. The molecule has 0 radical (unpaired) electrons. The lowest BCUT2D eigenvalue weighted by Gasteiger charge is -2.28. The van der Waals surface area contributed by atoms with Gasteiger partial charge >= 0.3 is 5.97 Å². The molecule has 6 nitrogen and oxygen atoms in total. The number of fused-ring (bicyclic) bond motifs is 1. The van der Waals surface area contributed by atoms with Crippen molar-refractivity contribution in [1.29, 1.82) is 0 Å². The van der Waals surface area contributed by atoms with Crippen LogP contribution in [0.25, 0.3) is 11.1 Å². The Morgan fingerprint density at radius 2 is 1.84 bits per heavy atom. The van der Waals surface area contributed by atoms with Crippen molar-refractivity contribution in [2.75, 3.05) is 14.2 Å². The molecule has 1 heterocycles. The first-order valence-electron chi connectivity index (χ1n) is 10.0. The summed E-state index contributed by atoms with van der Waals surface area (Å²) in [4.78, 5) is 30.7. The predicted molar refractivity (Wildman–Crippen MR) is 116 cm³/mol. The summed E-state index contributed by atoms with van der Waals surface area (Å²) in [7, 11) is 2.91. The number of carbonyl (C=O) groups excluding carboxylic acids is 2. The highest BCUT2D eigenvalue weighted by atomic mass is 16.5. The van der Waals surface area contributed by atoms with E-state index in [4.69, 9.17) is 9.47 Å². The van der Waals surface area contributed by atoms with Crippen LogP contribution in [0.5, 0.6) is 11.5 Å². The van der Waals surface area contributed by atoms with Crippen LogP contribution in [0.4, 0.5) is 0 Å². The van der Waals surface area contributed by atoms with E-state index < -0.39 is 5.97 Å². The SMILES string of the molecule is COC(=O)c1c(C)nc2c(c1-c1cccc(O)c1)C(=O)CC(c1ccccc1OC)C2. The maximum atomic E-state index is 13.4. The second-order valence-electron chi connectivity index (χ2n) is 7.58. The van der Waals surface area contributed by atoms with Crippen LogP contribution in [-0.4, -0.2) is 36.1 Å². The van der Waals surface area contributed by atoms with Gasteiger partial charge in [0.25, 0.3) is 0 Å². The number of phenols is 1. The first-order chi connectivity index (χ1) is 14.9. The summed E-state index contributed by atoms with van der Waals surface area (Å²) < 4.78 is 10.5. The molecule has 0 bridgehead atoms. The number of ether oxygens (including phenoxy) is 2. The molecule has 4 rings (SSSR count). The van der Waals surface area contributed by atoms with Gasteiger partial charge in [0.05, 0.1) is 31.2 Å². The molecule has 0 spiro atoms. The number of aromatic hydroxyl groups is 1. The number of ketones is 1. The van der Waals surface area contributed by atoms with E-state index in [9.17, 15) is 14.7 Å². The Morgan fingerprint density at radius 3 is 2.55 bits per heavy atom. The second-order valence-corrected chi connectivity index (χ2v) is 7.58. The van der Waals surface area contributed by atoms with Crippen LogP contribution in [-0.2, 0) is 11.2 Å². The van der Waals surface area contributed by atoms with Gasteiger partial charge in [-0.2, -0.15) is 0 Å². The van der Waals surface area contributed by atoms with Gasteiger partial charge in [0.2, 0.25) is 0 Å². The van der Waals surface area contributed by atoms with E-state index >= 15 is 0 Å². The Bertz CT molecular complexity index is 1180. The minimum absolute atomic E-state index is 0.0479. The van der Waals surface area contributed by atoms with E-state index in [-0.39, 0.29) is 29.4 Å². The van der Waals surface area contributed by atoms with Crippen molar-refractivity contribution < 1.29 is 24.2 Å². The molecule has 2 aromatic carbocycles. The average Bonchev–Trinajstić information content (AvgIpc) is 2.77. The lowest BCUT2D eigenvalue weighted by atomic mass is 9.77. The third-order valence-corrected chi connectivity index (χ3v) is 5.71. The Hall–Kier alpha value is -3.67. The highest BCUT2D eigenvalue weighted by Crippen LogP contribution is 2.41. The van der Waals surface area contributed by atoms with E-state index in [0.717, 1.165) is 11.3 Å². The number of esters is 1. The number of carbonyl (C=O) groups is 2. The van der Waals surface area contributed by atoms with Gasteiger partial charge in [-0.15, -0.1) is 0 Å². The number of aryl methyl sites for hydroxylation is 1. The number of nitrogens with zero attached hydrogens (tertiary/aromatic N) is 1. The molecule has 1 aliphatic carbocycles. The molecule has 1 unspecified atom stereocenters. The summed E-state index contributed by atoms with van der Waals surface area (Å²) in [6.45, 7) is 1.73. The van der Waals surface area contributed by atoms with Crippen molar-refractivity contribution in [3.8, 4) is 22.6 Å². The zero-order valence-corrected chi connectivity index (χ0v) is 17.6. The van der Waals surface area contributed by atoms with Crippen molar-refractivity contribution in [3.05, 3.63) is 76.6 Å². The minimum atomic E-state index is -0.564. The summed E-state index contributed by atoms with van der Waals surface area (Å²) in [6, 6.07) is 14.2. The smallest absolute Gasteiger partial charge is 0.340 e. The van der Waals surface area contributed by atoms with E-state index in [2.05, 4.69) is 4.98 Å². The molecule has 31 heavy (non-hydrogen) atoms. The van der Waals surface area contributed by atoms with Gasteiger partial charge in [-0.1, -0.05) is 30.3 Å². The summed E-state index contributed by atoms with van der Waals surface area (Å²) in [5.41, 5.74) is 3.78. The lowest BCUT2D eigenvalue weighted by molar-refractivity contribution is 0.0600. The normalized spacial score (nSPS) is 15.3. The fourth-order valence-corrected chi connectivity index (χ4v) is 4.37. The van der Waals surface area contributed by atoms with Crippen molar-refractivity contribution >= 4 is 11.8 Å². The van der Waals surface area contributed by atoms with E-state index in [1.54, 1.807) is 38.3 Å². The van der Waals surface area contributed by atoms with Gasteiger partial charge in [0, 0.05) is 23.5 Å². The molecule has 1 atom stereocenters. The number of rotatable bonds is 4. The number of phenolic OH excluding ortho intramolecular Hbond substituents is 1. The molecule has 1 aromatic heterocycles. The molecule has 0 amide bonds. The fourth-order valence-electron chi connectivity index (χ4n) is 4.37. The zero-order chi connectivity index (χ0) is 22.1. The van der Waals surface area contributed by atoms with Crippen LogP contribution in [0.1, 0.15) is 50.0 Å². The summed E-state index contributed by atoms with van der Waals surface area (Å²) in [6.07, 6.45) is 0.806. The number of hydrogen-bond acceptors (Lipinski definition) is 6. The van der Waals surface area contributed by atoms with Crippen LogP contribution in [0.15, 0.2) is 48.5 Å². The van der Waals surface area contributed by atoms with Crippen LogP contribution in [0, 0.1) is 6.92 Å². The molecule has 0 fully saturated rings. The lowest BCUT2D eigenvalue weighted by Crippen LogP contribution is -2.24. The van der Waals surface area contributed by atoms with Crippen LogP contribution < -0.4 is 4.74 Å². The third kappa shape index (κ3) is 3.65. The Morgan fingerprint density at radius 1 is 1.06 bits per heavy atom. The van der Waals surface area contributed by atoms with Crippen molar-refractivity contribution in [1.82, 2.24) is 4.98 Å². The van der Waals surface area contributed by atoms with E-state index in [1.807, 2.05) is 24.3 Å². The van der Waals surface area contributed by atoms with Crippen molar-refractivity contribution in [3.63, 3.8) is 0 Å². The van der Waals surface area contributed by atoms with Crippen LogP contribution >= 0.6 is 0 Å². The first-order valence-corrected chi connectivity index (χ1v) is 10.0. The number of para-hydroxylation sites is 1. The standard InChI is InChI=1S/C25H23NO5/c1-14-22(25(29)31-3)23(15-7-6-8-17(27)11-15)24-19(26-14)12-16(13-20(24)28)18-9-4-5-10-21(18)30-2/h4-11,16,27H,12-13H2,1-3H3. The highest BCUT2D eigenvalue weighted by Gasteiger charge is 2.34. The highest BCUT2D eigenvalue weighted by molar-refractivity contribution is 6.10. The van der Waals surface area contributed by atoms with Crippen LogP contribution in [0.2, 0.25) is 0 Å². The monoisotopic (exact) mass is 417 g/mol. The fraction of sp³-hybridized carbons (Fsp3) is 0.240. The topological polar surface area (TPSA) is 85.7 Å². The van der Waals surface area contributed by atoms with Gasteiger partial charge in [-0.3, -0.25) is 9.78 Å². The predicted octanol–water partition coefficient (Wildman–Crippen LogP) is 4.47. The molecule has 158 valence electrons. The van der Waals surface area contributed by atoms with Gasteiger partial charge < -0.3 is 14.6 Å². The molecule has 0 saturated carbocycles. The summed E-state index contributed by atoms with van der Waals surface area (Å²) in [5.74, 6) is 0.0366. The van der Waals surface area contributed by atoms with Gasteiger partial charge in [0.15, 0.2) is 5.78 Å². The summed E-state index contributed by atoms with van der Waals surface area (Å²) >= 11 is 0. The largest absolute Gasteiger partial charge is 0.508 e. The van der Waals surface area contributed by atoms with Crippen molar-refractivity contribution in [2.24, 2.45) is 0 Å². The van der Waals surface area contributed by atoms with Gasteiger partial charge in [-0.05, 0) is 42.7 Å². The Balaban J connectivity index is 1.93. The molecule has 1 N–H and O–H groups in total. The Kier molecular flexibility index (Phi) is 5.46. The molecule has 3 aromatic rings. The quantitative estimate of drug-likeness (QED) is 0.631. The molecular formula is C25H23NO5. The number of benzene rings is 2. The third-order valence-electron chi connectivity index (χ3n) is 5.71. The molecule has 6 heteroatoms. The number of methoxy groups -OCH3 is 2. The maximum absolute atomic E-state index is 13.4. The van der Waals surface area contributed by atoms with Crippen LogP contribution in [0.3, 0.4) is 0 Å².